The Morgan fingerprint density at radius 1 is 1.23 bits per heavy atom. The van der Waals surface area contributed by atoms with Gasteiger partial charge in [-0.2, -0.15) is 0 Å². The molecule has 0 fully saturated rings. The van der Waals surface area contributed by atoms with E-state index in [1.807, 2.05) is 6.08 Å². The number of hydrogen-bond donors (Lipinski definition) is 0. The number of allylic oxidation sites excluding steroid dienone is 5. The van der Waals surface area contributed by atoms with E-state index in [-0.39, 0.29) is 0 Å². The molecule has 13 heavy (non-hydrogen) atoms. The molecule has 0 aromatic carbocycles. The topological polar surface area (TPSA) is 0 Å². The van der Waals surface area contributed by atoms with Gasteiger partial charge in [-0.15, -0.1) is 6.58 Å². The van der Waals surface area contributed by atoms with Crippen molar-refractivity contribution < 1.29 is 0 Å². The van der Waals surface area contributed by atoms with Crippen LogP contribution in [0.1, 0.15) is 46.0 Å². The van der Waals surface area contributed by atoms with E-state index in [0.717, 1.165) is 6.42 Å². The van der Waals surface area contributed by atoms with Crippen molar-refractivity contribution in [3.63, 3.8) is 0 Å². The smallest absolute Gasteiger partial charge is 0.0142 e. The van der Waals surface area contributed by atoms with Gasteiger partial charge in [0.25, 0.3) is 0 Å². The largest absolute Gasteiger partial charge is 0.103 e. The second-order valence-corrected chi connectivity index (χ2v) is 3.24. The zero-order valence-corrected chi connectivity index (χ0v) is 9.05. The van der Waals surface area contributed by atoms with Crippen LogP contribution < -0.4 is 0 Å². The van der Waals surface area contributed by atoms with E-state index in [2.05, 4.69) is 38.7 Å². The van der Waals surface area contributed by atoms with Crippen LogP contribution in [0.2, 0.25) is 0 Å². The lowest BCUT2D eigenvalue weighted by molar-refractivity contribution is 0.913. The Bertz CT molecular complexity index is 172. The fourth-order valence-electron chi connectivity index (χ4n) is 1.22. The second kappa shape index (κ2) is 9.31. The lowest BCUT2D eigenvalue weighted by Crippen LogP contribution is -1.80. The molecule has 0 heteroatoms. The van der Waals surface area contributed by atoms with Crippen LogP contribution in [0.3, 0.4) is 0 Å². The molecule has 74 valence electrons. The molecule has 0 radical (unpaired) electrons. The van der Waals surface area contributed by atoms with Crippen LogP contribution in [0.25, 0.3) is 0 Å². The highest BCUT2D eigenvalue weighted by Crippen LogP contribution is 2.10. The molecule has 0 N–H and O–H groups in total. The average molecular weight is 178 g/mol. The summed E-state index contributed by atoms with van der Waals surface area (Å²) in [4.78, 5) is 0. The fraction of sp³-hybridized carbons (Fsp3) is 0.538. The normalized spacial score (nSPS) is 12.3. The Morgan fingerprint density at radius 2 is 1.92 bits per heavy atom. The molecule has 0 amide bonds. The molecule has 0 unspecified atom stereocenters. The van der Waals surface area contributed by atoms with E-state index < -0.39 is 0 Å². The molecule has 0 bridgehead atoms. The van der Waals surface area contributed by atoms with Crippen molar-refractivity contribution in [1.29, 1.82) is 0 Å². The molecule has 0 aromatic rings. The molecular formula is C13H22. The molecule has 0 spiro atoms. The Kier molecular flexibility index (Phi) is 8.75. The first-order valence-electron chi connectivity index (χ1n) is 5.25. The van der Waals surface area contributed by atoms with Crippen molar-refractivity contribution >= 4 is 0 Å². The molecular weight excluding hydrogens is 156 g/mol. The molecule has 0 aliphatic carbocycles. The zero-order chi connectivity index (χ0) is 9.94. The van der Waals surface area contributed by atoms with E-state index in [4.69, 9.17) is 0 Å². The van der Waals surface area contributed by atoms with Gasteiger partial charge in [0, 0.05) is 0 Å². The van der Waals surface area contributed by atoms with Gasteiger partial charge in [-0.1, -0.05) is 43.2 Å². The highest BCUT2D eigenvalue weighted by molar-refractivity contribution is 5.06. The summed E-state index contributed by atoms with van der Waals surface area (Å²) in [5.74, 6) is 0. The van der Waals surface area contributed by atoms with Crippen molar-refractivity contribution in [2.45, 2.75) is 46.0 Å². The zero-order valence-electron chi connectivity index (χ0n) is 9.05. The first-order chi connectivity index (χ1) is 6.35. The summed E-state index contributed by atoms with van der Waals surface area (Å²) in [5.41, 5.74) is 1.50. The fourth-order valence-corrected chi connectivity index (χ4v) is 1.22. The SMILES string of the molecule is C=CCC(=CC)CCC=CCCC. The Hall–Kier alpha value is -0.780. The van der Waals surface area contributed by atoms with Crippen LogP contribution in [0.4, 0.5) is 0 Å². The lowest BCUT2D eigenvalue weighted by atomic mass is 10.1. The minimum atomic E-state index is 1.04. The van der Waals surface area contributed by atoms with Gasteiger partial charge in [-0.25, -0.2) is 0 Å². The Balaban J connectivity index is 3.55. The van der Waals surface area contributed by atoms with Crippen molar-refractivity contribution in [2.75, 3.05) is 0 Å². The molecule has 0 aliphatic rings. The minimum Gasteiger partial charge on any atom is -0.103 e. The van der Waals surface area contributed by atoms with Crippen LogP contribution in [-0.2, 0) is 0 Å². The van der Waals surface area contributed by atoms with Crippen LogP contribution in [0.15, 0.2) is 36.5 Å². The van der Waals surface area contributed by atoms with E-state index in [0.29, 0.717) is 0 Å². The summed E-state index contributed by atoms with van der Waals surface area (Å²) in [6.45, 7) is 8.06. The summed E-state index contributed by atoms with van der Waals surface area (Å²) < 4.78 is 0. The van der Waals surface area contributed by atoms with Crippen LogP contribution in [-0.4, -0.2) is 0 Å². The van der Waals surface area contributed by atoms with E-state index in [9.17, 15) is 0 Å². The summed E-state index contributed by atoms with van der Waals surface area (Å²) in [6.07, 6.45) is 14.6. The van der Waals surface area contributed by atoms with Gasteiger partial charge < -0.3 is 0 Å². The lowest BCUT2D eigenvalue weighted by Gasteiger charge is -2.00. The first-order valence-corrected chi connectivity index (χ1v) is 5.25. The summed E-state index contributed by atoms with van der Waals surface area (Å²) >= 11 is 0. The van der Waals surface area contributed by atoms with Gasteiger partial charge >= 0.3 is 0 Å². The summed E-state index contributed by atoms with van der Waals surface area (Å²) in [5, 5.41) is 0. The third-order valence-electron chi connectivity index (χ3n) is 2.07. The van der Waals surface area contributed by atoms with E-state index in [1.165, 1.54) is 31.3 Å². The predicted octanol–water partition coefficient (Wildman–Crippen LogP) is 4.65. The number of rotatable bonds is 7. The molecule has 0 saturated heterocycles. The van der Waals surface area contributed by atoms with Crippen LogP contribution in [0.5, 0.6) is 0 Å². The van der Waals surface area contributed by atoms with Crippen LogP contribution in [0, 0.1) is 0 Å². The molecule has 0 aromatic heterocycles. The van der Waals surface area contributed by atoms with Crippen LogP contribution >= 0.6 is 0 Å². The van der Waals surface area contributed by atoms with Gasteiger partial charge in [-0.3, -0.25) is 0 Å². The molecule has 0 rings (SSSR count). The van der Waals surface area contributed by atoms with Crippen molar-refractivity contribution in [3.05, 3.63) is 36.5 Å². The first kappa shape index (κ1) is 12.2. The Labute approximate surface area is 83.0 Å². The molecule has 0 saturated carbocycles. The maximum atomic E-state index is 3.75. The van der Waals surface area contributed by atoms with Crippen molar-refractivity contribution in [1.82, 2.24) is 0 Å². The second-order valence-electron chi connectivity index (χ2n) is 3.24. The monoisotopic (exact) mass is 178 g/mol. The third kappa shape index (κ3) is 7.58. The molecule has 0 atom stereocenters. The van der Waals surface area contributed by atoms with Crippen molar-refractivity contribution in [2.24, 2.45) is 0 Å². The van der Waals surface area contributed by atoms with Crippen molar-refractivity contribution in [3.8, 4) is 0 Å². The Morgan fingerprint density at radius 3 is 2.46 bits per heavy atom. The molecule has 0 heterocycles. The standard InChI is InChI=1S/C13H22/c1-4-7-8-9-10-12-13(6-3)11-5-2/h5-6,8-9H,2,4,7,10-12H2,1,3H3. The van der Waals surface area contributed by atoms with Gasteiger partial charge in [0.1, 0.15) is 0 Å². The predicted molar refractivity (Wildman–Crippen MR) is 61.9 cm³/mol. The molecule has 0 nitrogen and oxygen atoms in total. The van der Waals surface area contributed by atoms with E-state index in [1.54, 1.807) is 0 Å². The van der Waals surface area contributed by atoms with Gasteiger partial charge in [0.15, 0.2) is 0 Å². The highest BCUT2D eigenvalue weighted by atomic mass is 14.0. The number of unbranched alkanes of at least 4 members (excludes halogenated alkanes) is 1. The van der Waals surface area contributed by atoms with E-state index >= 15 is 0 Å². The third-order valence-corrected chi connectivity index (χ3v) is 2.07. The maximum Gasteiger partial charge on any atom is -0.0142 e. The summed E-state index contributed by atoms with van der Waals surface area (Å²) in [7, 11) is 0. The van der Waals surface area contributed by atoms with Gasteiger partial charge in [0.2, 0.25) is 0 Å². The minimum absolute atomic E-state index is 1.04. The summed E-state index contributed by atoms with van der Waals surface area (Å²) in [6, 6.07) is 0. The van der Waals surface area contributed by atoms with Gasteiger partial charge in [-0.05, 0) is 32.6 Å². The molecule has 0 aliphatic heterocycles. The quantitative estimate of drug-likeness (QED) is 0.498. The highest BCUT2D eigenvalue weighted by Gasteiger charge is 1.90. The van der Waals surface area contributed by atoms with Gasteiger partial charge in [0.05, 0.1) is 0 Å². The number of hydrogen-bond acceptors (Lipinski definition) is 0. The maximum absolute atomic E-state index is 3.75. The average Bonchev–Trinajstić information content (AvgIpc) is 2.16.